The van der Waals surface area contributed by atoms with Crippen molar-refractivity contribution in [3.05, 3.63) is 23.9 Å². The zero-order valence-corrected chi connectivity index (χ0v) is 13.0. The van der Waals surface area contributed by atoms with Crippen LogP contribution in [-0.4, -0.2) is 59.0 Å². The smallest absolute Gasteiger partial charge is 0.255 e. The van der Waals surface area contributed by atoms with Crippen LogP contribution in [0.1, 0.15) is 42.5 Å². The van der Waals surface area contributed by atoms with Crippen molar-refractivity contribution in [3.8, 4) is 0 Å². The highest BCUT2D eigenvalue weighted by Gasteiger charge is 2.31. The van der Waals surface area contributed by atoms with Crippen molar-refractivity contribution in [3.63, 3.8) is 0 Å². The van der Waals surface area contributed by atoms with Crippen molar-refractivity contribution in [2.45, 2.75) is 44.2 Å². The van der Waals surface area contributed by atoms with Crippen LogP contribution in [0.4, 0.5) is 5.82 Å². The number of anilines is 1. The lowest BCUT2D eigenvalue weighted by Gasteiger charge is -2.44. The summed E-state index contributed by atoms with van der Waals surface area (Å²) in [4.78, 5) is 21.6. The molecule has 118 valence electrons. The lowest BCUT2D eigenvalue weighted by Crippen LogP contribution is -2.56. The zero-order chi connectivity index (χ0) is 14.9. The van der Waals surface area contributed by atoms with Gasteiger partial charge < -0.3 is 10.2 Å². The second-order valence-electron chi connectivity index (χ2n) is 6.79. The number of amides is 1. The SMILES string of the molecule is O=C(c1ccc(NC2CC2)nc1)N1CCN2CCCCC2C1. The van der Waals surface area contributed by atoms with E-state index in [4.69, 9.17) is 0 Å². The normalized spacial score (nSPS) is 25.6. The predicted octanol–water partition coefficient (Wildman–Crippen LogP) is 1.97. The summed E-state index contributed by atoms with van der Waals surface area (Å²) < 4.78 is 0. The van der Waals surface area contributed by atoms with E-state index in [1.807, 2.05) is 17.0 Å². The third-order valence-electron chi connectivity index (χ3n) is 5.06. The summed E-state index contributed by atoms with van der Waals surface area (Å²) in [6.45, 7) is 3.94. The Bertz CT molecular complexity index is 540. The average Bonchev–Trinajstić information content (AvgIpc) is 3.38. The van der Waals surface area contributed by atoms with Crippen molar-refractivity contribution in [1.82, 2.24) is 14.8 Å². The van der Waals surface area contributed by atoms with Gasteiger partial charge in [-0.25, -0.2) is 4.98 Å². The molecule has 22 heavy (non-hydrogen) atoms. The number of nitrogens with one attached hydrogen (secondary N) is 1. The topological polar surface area (TPSA) is 48.5 Å². The molecular weight excluding hydrogens is 276 g/mol. The van der Waals surface area contributed by atoms with Crippen LogP contribution in [0.2, 0.25) is 0 Å². The Morgan fingerprint density at radius 1 is 1.14 bits per heavy atom. The molecular formula is C17H24N4O. The molecule has 1 saturated carbocycles. The van der Waals surface area contributed by atoms with Crippen LogP contribution in [0.5, 0.6) is 0 Å². The molecule has 3 heterocycles. The van der Waals surface area contributed by atoms with Gasteiger partial charge in [0, 0.05) is 37.9 Å². The zero-order valence-electron chi connectivity index (χ0n) is 13.0. The van der Waals surface area contributed by atoms with Crippen molar-refractivity contribution in [2.24, 2.45) is 0 Å². The maximum atomic E-state index is 12.7. The number of piperidine rings is 1. The van der Waals surface area contributed by atoms with Crippen LogP contribution in [0.25, 0.3) is 0 Å². The van der Waals surface area contributed by atoms with E-state index in [0.717, 1.165) is 25.5 Å². The van der Waals surface area contributed by atoms with E-state index < -0.39 is 0 Å². The summed E-state index contributed by atoms with van der Waals surface area (Å²) in [6.07, 6.45) is 8.02. The summed E-state index contributed by atoms with van der Waals surface area (Å²) in [5, 5.41) is 3.36. The Hall–Kier alpha value is -1.62. The van der Waals surface area contributed by atoms with Gasteiger partial charge in [0.1, 0.15) is 5.82 Å². The molecule has 3 fully saturated rings. The molecule has 1 aromatic heterocycles. The summed E-state index contributed by atoms with van der Waals surface area (Å²) in [7, 11) is 0. The second-order valence-corrected chi connectivity index (χ2v) is 6.79. The summed E-state index contributed by atoms with van der Waals surface area (Å²) in [5.74, 6) is 1.02. The van der Waals surface area contributed by atoms with Gasteiger partial charge >= 0.3 is 0 Å². The van der Waals surface area contributed by atoms with Gasteiger partial charge in [0.15, 0.2) is 0 Å². The molecule has 5 heteroatoms. The largest absolute Gasteiger partial charge is 0.367 e. The lowest BCUT2D eigenvalue weighted by atomic mass is 9.99. The summed E-state index contributed by atoms with van der Waals surface area (Å²) in [6, 6.07) is 5.00. The third-order valence-corrected chi connectivity index (χ3v) is 5.06. The molecule has 5 nitrogen and oxygen atoms in total. The molecule has 0 bridgehead atoms. The van der Waals surface area contributed by atoms with Crippen molar-refractivity contribution in [1.29, 1.82) is 0 Å². The molecule has 0 radical (unpaired) electrons. The Kier molecular flexibility index (Phi) is 3.74. The highest BCUT2D eigenvalue weighted by molar-refractivity contribution is 5.94. The Balaban J connectivity index is 1.40. The first kappa shape index (κ1) is 14.0. The van der Waals surface area contributed by atoms with Gasteiger partial charge in [0.25, 0.3) is 5.91 Å². The number of pyridine rings is 1. The molecule has 1 N–H and O–H groups in total. The molecule has 2 aliphatic heterocycles. The average molecular weight is 300 g/mol. The standard InChI is InChI=1S/C17H24N4O/c22-17(13-4-7-16(18-11-13)19-14-5-6-14)21-10-9-20-8-2-1-3-15(20)12-21/h4,7,11,14-15H,1-3,5-6,8-10,12H2,(H,18,19). The predicted molar refractivity (Wildman–Crippen MR) is 86.0 cm³/mol. The van der Waals surface area contributed by atoms with Gasteiger partial charge in [-0.15, -0.1) is 0 Å². The van der Waals surface area contributed by atoms with Crippen molar-refractivity contribution in [2.75, 3.05) is 31.5 Å². The fraction of sp³-hybridized carbons (Fsp3) is 0.647. The number of hydrogen-bond donors (Lipinski definition) is 1. The first-order chi connectivity index (χ1) is 10.8. The van der Waals surface area contributed by atoms with Gasteiger partial charge in [-0.2, -0.15) is 0 Å². The Labute approximate surface area is 131 Å². The molecule has 1 aromatic rings. The van der Waals surface area contributed by atoms with Crippen molar-refractivity contribution < 1.29 is 4.79 Å². The first-order valence-electron chi connectivity index (χ1n) is 8.55. The number of carbonyl (C=O) groups excluding carboxylic acids is 1. The number of aromatic nitrogens is 1. The maximum absolute atomic E-state index is 12.7. The lowest BCUT2D eigenvalue weighted by molar-refractivity contribution is 0.0372. The Morgan fingerprint density at radius 3 is 2.82 bits per heavy atom. The highest BCUT2D eigenvalue weighted by Crippen LogP contribution is 2.24. The number of hydrogen-bond acceptors (Lipinski definition) is 4. The van der Waals surface area contributed by atoms with E-state index in [2.05, 4.69) is 15.2 Å². The molecule has 1 amide bonds. The summed E-state index contributed by atoms with van der Waals surface area (Å²) in [5.41, 5.74) is 0.714. The number of fused-ring (bicyclic) bond motifs is 1. The minimum Gasteiger partial charge on any atom is -0.367 e. The van der Waals surface area contributed by atoms with Crippen LogP contribution >= 0.6 is 0 Å². The van der Waals surface area contributed by atoms with E-state index in [1.165, 1.54) is 38.6 Å². The number of rotatable bonds is 3. The molecule has 1 unspecified atom stereocenters. The minimum atomic E-state index is 0.135. The minimum absolute atomic E-state index is 0.135. The van der Waals surface area contributed by atoms with E-state index in [9.17, 15) is 4.79 Å². The van der Waals surface area contributed by atoms with Gasteiger partial charge in [-0.1, -0.05) is 6.42 Å². The van der Waals surface area contributed by atoms with Gasteiger partial charge in [0.2, 0.25) is 0 Å². The maximum Gasteiger partial charge on any atom is 0.255 e. The van der Waals surface area contributed by atoms with Crippen LogP contribution in [0, 0.1) is 0 Å². The number of nitrogens with zero attached hydrogens (tertiary/aromatic N) is 3. The molecule has 1 aliphatic carbocycles. The van der Waals surface area contributed by atoms with E-state index >= 15 is 0 Å². The van der Waals surface area contributed by atoms with E-state index in [1.54, 1.807) is 6.20 Å². The van der Waals surface area contributed by atoms with Crippen LogP contribution in [-0.2, 0) is 0 Å². The molecule has 4 rings (SSSR count). The quantitative estimate of drug-likeness (QED) is 0.927. The Morgan fingerprint density at radius 2 is 2.05 bits per heavy atom. The number of carbonyl (C=O) groups is 1. The monoisotopic (exact) mass is 300 g/mol. The van der Waals surface area contributed by atoms with E-state index in [-0.39, 0.29) is 5.91 Å². The van der Waals surface area contributed by atoms with Crippen LogP contribution < -0.4 is 5.32 Å². The third kappa shape index (κ3) is 2.95. The summed E-state index contributed by atoms with van der Waals surface area (Å²) >= 11 is 0. The fourth-order valence-corrected chi connectivity index (χ4v) is 3.57. The second kappa shape index (κ2) is 5.88. The van der Waals surface area contributed by atoms with Gasteiger partial charge in [0.05, 0.1) is 5.56 Å². The molecule has 2 saturated heterocycles. The number of piperazine rings is 1. The molecule has 0 aromatic carbocycles. The van der Waals surface area contributed by atoms with Crippen LogP contribution in [0.3, 0.4) is 0 Å². The van der Waals surface area contributed by atoms with Crippen molar-refractivity contribution >= 4 is 11.7 Å². The van der Waals surface area contributed by atoms with Gasteiger partial charge in [-0.3, -0.25) is 9.69 Å². The molecule has 1 atom stereocenters. The van der Waals surface area contributed by atoms with Crippen LogP contribution in [0.15, 0.2) is 18.3 Å². The first-order valence-corrected chi connectivity index (χ1v) is 8.55. The molecule has 3 aliphatic rings. The highest BCUT2D eigenvalue weighted by atomic mass is 16.2. The van der Waals surface area contributed by atoms with Gasteiger partial charge in [-0.05, 0) is 44.4 Å². The fourth-order valence-electron chi connectivity index (χ4n) is 3.57. The van der Waals surface area contributed by atoms with E-state index in [0.29, 0.717) is 17.6 Å². The molecule has 0 spiro atoms.